The van der Waals surface area contributed by atoms with Gasteiger partial charge in [0.2, 0.25) is 0 Å². The van der Waals surface area contributed by atoms with Crippen LogP contribution in [-0.4, -0.2) is 72.7 Å². The Labute approximate surface area is 517 Å². The largest absolute Gasteiger partial charge is 0.465 e. The fourth-order valence-electron chi connectivity index (χ4n) is 13.1. The number of rotatable bonds is 9. The maximum absolute atomic E-state index is 6.34. The Morgan fingerprint density at radius 3 is 0.585 bits per heavy atom. The third-order valence-corrected chi connectivity index (χ3v) is 35.9. The van der Waals surface area contributed by atoms with Gasteiger partial charge < -0.3 is 4.42 Å². The second-order valence-corrected chi connectivity index (χ2v) is 84.0. The summed E-state index contributed by atoms with van der Waals surface area (Å²) >= 11 is 0. The molecule has 0 aliphatic carbocycles. The lowest BCUT2D eigenvalue weighted by molar-refractivity contribution is 0.343. The van der Waals surface area contributed by atoms with Crippen molar-refractivity contribution in [2.45, 2.75) is 288 Å². The molecule has 0 spiro atoms. The van der Waals surface area contributed by atoms with E-state index in [1.165, 1.54) is 54.6 Å². The van der Waals surface area contributed by atoms with E-state index in [0.717, 1.165) is 0 Å². The van der Waals surface area contributed by atoms with E-state index >= 15 is 0 Å². The average molecular weight is 1260 g/mol. The van der Waals surface area contributed by atoms with Crippen LogP contribution in [-0.2, 0) is 21.7 Å². The van der Waals surface area contributed by atoms with Crippen molar-refractivity contribution in [3.05, 3.63) is 76.7 Å². The van der Waals surface area contributed by atoms with Crippen molar-refractivity contribution >= 4 is 152 Å². The smallest absolute Gasteiger partial charge is 0.112 e. The highest BCUT2D eigenvalue weighted by Crippen LogP contribution is 2.40. The van der Waals surface area contributed by atoms with Crippen LogP contribution in [0.2, 0.25) is 177 Å². The van der Waals surface area contributed by atoms with Crippen molar-refractivity contribution in [2.24, 2.45) is 0 Å². The molecule has 0 aliphatic rings. The summed E-state index contributed by atoms with van der Waals surface area (Å²) in [6.45, 7) is 98.5. The summed E-state index contributed by atoms with van der Waals surface area (Å²) in [4.78, 5) is 0. The molecule has 0 N–H and O–H groups in total. The number of hydrogen-bond donors (Lipinski definition) is 0. The highest BCUT2D eigenvalue weighted by Gasteiger charge is 2.41. The van der Waals surface area contributed by atoms with Crippen LogP contribution in [0.3, 0.4) is 0 Å². The van der Waals surface area contributed by atoms with Gasteiger partial charge in [-0.05, 0) is 84.1 Å². The van der Waals surface area contributed by atoms with Crippen LogP contribution < -0.4 is 46.7 Å². The summed E-state index contributed by atoms with van der Waals surface area (Å²) in [6, 6.07) is 20.8. The standard InChI is InChI=1S/C34H58Si4.C22H40Si4.C16H30OSi/c1-33(2,3)29-25-19-23-21-27(35(7,8)9)28(36(10,11)12)22-24(23)20-26(25)30(34(4,5)6)32(38(16,17)18)31(29)37(13,14)15;1-23(2,3)19-13-17-15-21(25(7,8)9)22(26(10,11)12)16-18(17)14-20(19)24(4,5)6;1-11-12(18(8,9)10)14(16(5,6)7)17-13(11)15(2,3)4/h19-22H,1-18H3;13-16H,1-12H3;1-10H3. The van der Waals surface area contributed by atoms with Crippen molar-refractivity contribution in [2.75, 3.05) is 0 Å². The van der Waals surface area contributed by atoms with Crippen molar-refractivity contribution in [3.63, 3.8) is 0 Å². The van der Waals surface area contributed by atoms with E-state index in [0.29, 0.717) is 0 Å². The van der Waals surface area contributed by atoms with Gasteiger partial charge in [-0.1, -0.05) is 338 Å². The first-order chi connectivity index (χ1) is 35.8. The van der Waals surface area contributed by atoms with Gasteiger partial charge in [0.1, 0.15) is 11.5 Å². The second kappa shape index (κ2) is 22.9. The molecule has 0 saturated heterocycles. The maximum atomic E-state index is 6.34. The SMILES string of the molecule is CC(C)(C)c1c([Si](C)(C)C)c([Si](C)(C)C)c(C(C)(C)C)c2cc3cc([Si](C)(C)C)c([Si](C)(C)C)cc3cc12.C[Si](C)(C)c1cc2cc([Si](C)(C)C)c([Si](C)(C)C)cc2cc1[Si](C)(C)C.Cc1c(C(C)(C)C)oc(C(C)(C)C)c1[Si](C)(C)C. The molecular weight excluding hydrogens is 1130 g/mol. The Hall–Kier alpha value is -1.89. The zero-order valence-electron chi connectivity index (χ0n) is 61.5. The molecule has 1 nitrogen and oxygen atoms in total. The van der Waals surface area contributed by atoms with Crippen LogP contribution in [0.15, 0.2) is 52.9 Å². The van der Waals surface area contributed by atoms with E-state index in [9.17, 15) is 0 Å². The molecule has 0 saturated carbocycles. The molecular formula is C72H128OSi9. The first-order valence-electron chi connectivity index (χ1n) is 31.8. The molecule has 0 radical (unpaired) electrons. The first-order valence-corrected chi connectivity index (χ1v) is 63.3. The summed E-state index contributed by atoms with van der Waals surface area (Å²) in [5, 5.41) is 24.2. The third-order valence-electron chi connectivity index (χ3n) is 16.6. The van der Waals surface area contributed by atoms with Gasteiger partial charge in [-0.3, -0.25) is 0 Å². The van der Waals surface area contributed by atoms with Gasteiger partial charge in [-0.2, -0.15) is 0 Å². The van der Waals surface area contributed by atoms with Crippen LogP contribution >= 0.6 is 0 Å². The van der Waals surface area contributed by atoms with Gasteiger partial charge >= 0.3 is 0 Å². The van der Waals surface area contributed by atoms with E-state index in [2.05, 4.69) is 315 Å². The molecule has 1 aromatic heterocycles. The molecule has 82 heavy (non-hydrogen) atoms. The summed E-state index contributed by atoms with van der Waals surface area (Å²) in [6.07, 6.45) is 0. The summed E-state index contributed by atoms with van der Waals surface area (Å²) < 4.78 is 6.34. The molecule has 0 unspecified atom stereocenters. The minimum atomic E-state index is -1.66. The summed E-state index contributed by atoms with van der Waals surface area (Å²) in [7, 11) is -13.1. The number of hydrogen-bond acceptors (Lipinski definition) is 1. The quantitative estimate of drug-likeness (QED) is 0.104. The Morgan fingerprint density at radius 2 is 0.439 bits per heavy atom. The van der Waals surface area contributed by atoms with E-state index in [4.69, 9.17) is 4.42 Å². The number of fused-ring (bicyclic) bond motifs is 3. The third kappa shape index (κ3) is 16.4. The zero-order chi connectivity index (χ0) is 64.4. The molecule has 1 heterocycles. The normalized spacial score (nSPS) is 14.3. The number of furan rings is 1. The Kier molecular flexibility index (Phi) is 20.3. The van der Waals surface area contributed by atoms with Crippen molar-refractivity contribution in [3.8, 4) is 0 Å². The van der Waals surface area contributed by atoms with Crippen LogP contribution in [0.4, 0.5) is 0 Å². The summed E-state index contributed by atoms with van der Waals surface area (Å²) in [5.74, 6) is 2.38. The molecule has 0 bridgehead atoms. The average Bonchev–Trinajstić information content (AvgIpc) is 3.60. The van der Waals surface area contributed by atoms with E-state index in [1.54, 1.807) is 52.6 Å². The minimum Gasteiger partial charge on any atom is -0.465 e. The van der Waals surface area contributed by atoms with Crippen LogP contribution in [0.1, 0.15) is 111 Å². The fraction of sp³-hybridized carbons (Fsp3) is 0.611. The molecule has 10 heteroatoms. The molecule has 6 aromatic rings. The van der Waals surface area contributed by atoms with Gasteiger partial charge in [0.15, 0.2) is 0 Å². The van der Waals surface area contributed by atoms with Crippen LogP contribution in [0.25, 0.3) is 32.3 Å². The second-order valence-electron chi connectivity index (χ2n) is 38.8. The predicted molar refractivity (Wildman–Crippen MR) is 410 cm³/mol. The molecule has 0 atom stereocenters. The van der Waals surface area contributed by atoms with Crippen molar-refractivity contribution in [1.82, 2.24) is 0 Å². The van der Waals surface area contributed by atoms with Crippen molar-refractivity contribution in [1.29, 1.82) is 0 Å². The molecule has 5 aromatic carbocycles. The van der Waals surface area contributed by atoms with Gasteiger partial charge in [0.25, 0.3) is 0 Å². The lowest BCUT2D eigenvalue weighted by Gasteiger charge is -2.41. The summed E-state index contributed by atoms with van der Waals surface area (Å²) in [5.41, 5.74) is 5.03. The van der Waals surface area contributed by atoms with Crippen molar-refractivity contribution < 1.29 is 4.42 Å². The zero-order valence-corrected chi connectivity index (χ0v) is 70.5. The topological polar surface area (TPSA) is 13.1 Å². The van der Waals surface area contributed by atoms with Gasteiger partial charge in [-0.15, -0.1) is 0 Å². The Balaban J connectivity index is 0.000000284. The molecule has 0 aliphatic heterocycles. The molecule has 0 amide bonds. The maximum Gasteiger partial charge on any atom is 0.112 e. The minimum absolute atomic E-state index is 0.0853. The van der Waals surface area contributed by atoms with Gasteiger partial charge in [0.05, 0.1) is 72.7 Å². The highest BCUT2D eigenvalue weighted by atomic mass is 28.3. The lowest BCUT2D eigenvalue weighted by atomic mass is 9.77. The van der Waals surface area contributed by atoms with E-state index in [-0.39, 0.29) is 21.7 Å². The van der Waals surface area contributed by atoms with Crippen LogP contribution in [0, 0.1) is 6.92 Å². The molecule has 458 valence electrons. The van der Waals surface area contributed by atoms with Gasteiger partial charge in [-0.25, -0.2) is 0 Å². The predicted octanol–water partition coefficient (Wildman–Crippen LogP) is 18.5. The van der Waals surface area contributed by atoms with E-state index < -0.39 is 72.7 Å². The number of benzene rings is 5. The highest BCUT2D eigenvalue weighted by molar-refractivity contribution is 7.01. The van der Waals surface area contributed by atoms with E-state index in [1.807, 2.05) is 0 Å². The Bertz CT molecular complexity index is 3070. The monoisotopic (exact) mass is 1260 g/mol. The fourth-order valence-corrected chi connectivity index (χ4v) is 37.5. The first kappa shape index (κ1) is 72.6. The Morgan fingerprint density at radius 1 is 0.244 bits per heavy atom. The molecule has 0 fully saturated rings. The van der Waals surface area contributed by atoms with Crippen LogP contribution in [0.5, 0.6) is 0 Å². The van der Waals surface area contributed by atoms with Gasteiger partial charge in [0, 0.05) is 10.8 Å². The molecule has 6 rings (SSSR count). The lowest BCUT2D eigenvalue weighted by Crippen LogP contribution is -2.61.